The summed E-state index contributed by atoms with van der Waals surface area (Å²) in [6, 6.07) is 0. The van der Waals surface area contributed by atoms with E-state index >= 15 is 0 Å². The summed E-state index contributed by atoms with van der Waals surface area (Å²) in [4.78, 5) is 0. The molecule has 0 atom stereocenters. The van der Waals surface area contributed by atoms with E-state index in [1.807, 2.05) is 0 Å². The van der Waals surface area contributed by atoms with E-state index in [1.54, 1.807) is 0 Å². The predicted octanol–water partition coefficient (Wildman–Crippen LogP) is 3.73. The van der Waals surface area contributed by atoms with Crippen LogP contribution in [0.5, 0.6) is 0 Å². The molecule has 0 radical (unpaired) electrons. The van der Waals surface area contributed by atoms with Crippen molar-refractivity contribution in [1.82, 2.24) is 0 Å². The standard InChI is InChI=1S/C13H27N3/c1-3-5-7-9-12(10-8-6-4-2)13(14)11-16-15/h11-12,14H,3-10,15H2,1-2H3/b14-13?,16-11-. The SMILES string of the molecule is CCCCCC(CCCCC)C(=N)/C=N\N. The number of rotatable bonds is 10. The van der Waals surface area contributed by atoms with Gasteiger partial charge in [0.25, 0.3) is 0 Å². The van der Waals surface area contributed by atoms with E-state index in [-0.39, 0.29) is 0 Å². The van der Waals surface area contributed by atoms with E-state index in [1.165, 1.54) is 44.7 Å². The van der Waals surface area contributed by atoms with E-state index in [0.29, 0.717) is 11.6 Å². The van der Waals surface area contributed by atoms with Gasteiger partial charge in [-0.15, -0.1) is 0 Å². The van der Waals surface area contributed by atoms with Gasteiger partial charge in [0.05, 0.1) is 11.9 Å². The van der Waals surface area contributed by atoms with Gasteiger partial charge < -0.3 is 11.3 Å². The van der Waals surface area contributed by atoms with Gasteiger partial charge in [-0.1, -0.05) is 52.4 Å². The Kier molecular flexibility index (Phi) is 10.1. The van der Waals surface area contributed by atoms with Gasteiger partial charge in [-0.25, -0.2) is 0 Å². The third-order valence-electron chi connectivity index (χ3n) is 2.97. The zero-order chi connectivity index (χ0) is 12.2. The molecule has 3 heteroatoms. The highest BCUT2D eigenvalue weighted by Gasteiger charge is 2.12. The Morgan fingerprint density at radius 2 is 1.62 bits per heavy atom. The number of unbranched alkanes of at least 4 members (excludes halogenated alkanes) is 4. The molecule has 0 fully saturated rings. The molecule has 0 aromatic heterocycles. The lowest BCUT2D eigenvalue weighted by atomic mass is 9.91. The van der Waals surface area contributed by atoms with E-state index in [9.17, 15) is 0 Å². The van der Waals surface area contributed by atoms with Crippen molar-refractivity contribution < 1.29 is 0 Å². The van der Waals surface area contributed by atoms with Crippen molar-refractivity contribution in [2.75, 3.05) is 0 Å². The zero-order valence-corrected chi connectivity index (χ0v) is 10.8. The summed E-state index contributed by atoms with van der Waals surface area (Å²) >= 11 is 0. The summed E-state index contributed by atoms with van der Waals surface area (Å²) in [5.41, 5.74) is 0.606. The minimum atomic E-state index is 0.366. The summed E-state index contributed by atoms with van der Waals surface area (Å²) in [7, 11) is 0. The molecular weight excluding hydrogens is 198 g/mol. The third kappa shape index (κ3) is 7.43. The second-order valence-electron chi connectivity index (χ2n) is 4.42. The summed E-state index contributed by atoms with van der Waals surface area (Å²) in [5, 5.41) is 11.4. The van der Waals surface area contributed by atoms with E-state index < -0.39 is 0 Å². The van der Waals surface area contributed by atoms with Gasteiger partial charge in [-0.3, -0.25) is 0 Å². The van der Waals surface area contributed by atoms with Crippen LogP contribution in [0.2, 0.25) is 0 Å². The Morgan fingerprint density at radius 1 is 1.12 bits per heavy atom. The molecule has 0 aliphatic carbocycles. The van der Waals surface area contributed by atoms with Gasteiger partial charge in [0.2, 0.25) is 0 Å². The molecule has 0 heterocycles. The number of hydrogen-bond acceptors (Lipinski definition) is 3. The molecule has 0 saturated heterocycles. The Labute approximate surface area is 100 Å². The number of nitrogens with one attached hydrogen (secondary N) is 1. The molecule has 0 aromatic carbocycles. The maximum atomic E-state index is 7.89. The number of nitrogens with zero attached hydrogens (tertiary/aromatic N) is 1. The lowest BCUT2D eigenvalue weighted by molar-refractivity contribution is 0.505. The monoisotopic (exact) mass is 225 g/mol. The highest BCUT2D eigenvalue weighted by atomic mass is 15.1. The summed E-state index contributed by atoms with van der Waals surface area (Å²) in [6.45, 7) is 4.41. The second kappa shape index (κ2) is 10.7. The quantitative estimate of drug-likeness (QED) is 0.253. The van der Waals surface area contributed by atoms with Crippen molar-refractivity contribution in [3.63, 3.8) is 0 Å². The molecule has 0 spiro atoms. The van der Waals surface area contributed by atoms with Gasteiger partial charge in [-0.05, 0) is 12.8 Å². The normalized spacial score (nSPS) is 11.4. The minimum absolute atomic E-state index is 0.366. The predicted molar refractivity (Wildman–Crippen MR) is 72.2 cm³/mol. The van der Waals surface area contributed by atoms with Crippen LogP contribution in [-0.4, -0.2) is 11.9 Å². The molecule has 0 aromatic rings. The van der Waals surface area contributed by atoms with Crippen LogP contribution in [0, 0.1) is 11.3 Å². The van der Waals surface area contributed by atoms with Crippen molar-refractivity contribution in [2.24, 2.45) is 16.9 Å². The molecule has 0 bridgehead atoms. The first-order valence-electron chi connectivity index (χ1n) is 6.57. The Morgan fingerprint density at radius 3 is 2.00 bits per heavy atom. The van der Waals surface area contributed by atoms with E-state index in [4.69, 9.17) is 11.3 Å². The molecule has 0 rings (SSSR count). The highest BCUT2D eigenvalue weighted by molar-refractivity contribution is 6.29. The second-order valence-corrected chi connectivity index (χ2v) is 4.42. The topological polar surface area (TPSA) is 62.2 Å². The number of nitrogens with two attached hydrogens (primary N) is 1. The lowest BCUT2D eigenvalue weighted by Gasteiger charge is -2.15. The summed E-state index contributed by atoms with van der Waals surface area (Å²) < 4.78 is 0. The van der Waals surface area contributed by atoms with Crippen LogP contribution >= 0.6 is 0 Å². The van der Waals surface area contributed by atoms with Crippen LogP contribution in [0.15, 0.2) is 5.10 Å². The Balaban J connectivity index is 3.99. The first-order valence-corrected chi connectivity index (χ1v) is 6.57. The maximum Gasteiger partial charge on any atom is 0.0676 e. The lowest BCUT2D eigenvalue weighted by Crippen LogP contribution is -2.16. The molecule has 0 aliphatic heterocycles. The van der Waals surface area contributed by atoms with Gasteiger partial charge in [0, 0.05) is 5.92 Å². The Hall–Kier alpha value is -0.860. The minimum Gasteiger partial charge on any atom is -0.323 e. The molecule has 0 amide bonds. The van der Waals surface area contributed by atoms with Crippen molar-refractivity contribution in [1.29, 1.82) is 5.41 Å². The largest absolute Gasteiger partial charge is 0.323 e. The number of hydrazone groups is 1. The summed E-state index contributed by atoms with van der Waals surface area (Å²) in [5.74, 6) is 5.47. The fourth-order valence-corrected chi connectivity index (χ4v) is 1.92. The van der Waals surface area contributed by atoms with Crippen LogP contribution in [0.1, 0.15) is 65.2 Å². The number of hydrogen-bond donors (Lipinski definition) is 2. The maximum absolute atomic E-state index is 7.89. The third-order valence-corrected chi connectivity index (χ3v) is 2.97. The van der Waals surface area contributed by atoms with E-state index in [0.717, 1.165) is 12.8 Å². The summed E-state index contributed by atoms with van der Waals surface area (Å²) in [6.07, 6.45) is 11.2. The fraction of sp³-hybridized carbons (Fsp3) is 0.846. The molecular formula is C13H27N3. The van der Waals surface area contributed by atoms with Gasteiger partial charge in [0.15, 0.2) is 0 Å². The van der Waals surface area contributed by atoms with Gasteiger partial charge in [0.1, 0.15) is 0 Å². The average Bonchev–Trinajstić information content (AvgIpc) is 2.28. The van der Waals surface area contributed by atoms with Gasteiger partial charge >= 0.3 is 0 Å². The fourth-order valence-electron chi connectivity index (χ4n) is 1.92. The molecule has 94 valence electrons. The van der Waals surface area contributed by atoms with Crippen LogP contribution in [0.25, 0.3) is 0 Å². The van der Waals surface area contributed by atoms with E-state index in [2.05, 4.69) is 18.9 Å². The Bertz CT molecular complexity index is 189. The van der Waals surface area contributed by atoms with Crippen molar-refractivity contribution in [2.45, 2.75) is 65.2 Å². The molecule has 0 aliphatic rings. The van der Waals surface area contributed by atoms with Crippen molar-refractivity contribution in [3.05, 3.63) is 0 Å². The molecule has 0 unspecified atom stereocenters. The first-order chi connectivity index (χ1) is 7.76. The van der Waals surface area contributed by atoms with Crippen molar-refractivity contribution >= 4 is 11.9 Å². The van der Waals surface area contributed by atoms with Crippen LogP contribution in [0.3, 0.4) is 0 Å². The molecule has 3 N–H and O–H groups in total. The smallest absolute Gasteiger partial charge is 0.0676 e. The van der Waals surface area contributed by atoms with Crippen LogP contribution in [0.4, 0.5) is 0 Å². The average molecular weight is 225 g/mol. The van der Waals surface area contributed by atoms with Gasteiger partial charge in [-0.2, -0.15) is 5.10 Å². The molecule has 16 heavy (non-hydrogen) atoms. The highest BCUT2D eigenvalue weighted by Crippen LogP contribution is 2.18. The molecule has 3 nitrogen and oxygen atoms in total. The van der Waals surface area contributed by atoms with Crippen LogP contribution in [-0.2, 0) is 0 Å². The zero-order valence-electron chi connectivity index (χ0n) is 10.8. The molecule has 0 saturated carbocycles. The van der Waals surface area contributed by atoms with Crippen LogP contribution < -0.4 is 5.84 Å². The van der Waals surface area contributed by atoms with Crippen molar-refractivity contribution in [3.8, 4) is 0 Å². The first kappa shape index (κ1) is 15.1.